The van der Waals surface area contributed by atoms with Crippen LogP contribution in [0.3, 0.4) is 0 Å². The van der Waals surface area contributed by atoms with Crippen molar-refractivity contribution >= 4 is 43.0 Å². The van der Waals surface area contributed by atoms with Gasteiger partial charge in [0.05, 0.1) is 17.8 Å². The summed E-state index contributed by atoms with van der Waals surface area (Å²) in [6, 6.07) is 11.7. The van der Waals surface area contributed by atoms with Crippen LogP contribution in [0.4, 0.5) is 11.4 Å². The van der Waals surface area contributed by atoms with Crippen LogP contribution in [-0.2, 0) is 16.4 Å². The number of aromatic nitrogens is 2. The van der Waals surface area contributed by atoms with E-state index in [0.717, 1.165) is 29.1 Å². The monoisotopic (exact) mass is 516 g/mol. The number of nitrogens with two attached hydrogens (primary N) is 1. The second kappa shape index (κ2) is 8.87. The zero-order valence-corrected chi connectivity index (χ0v) is 19.6. The predicted octanol–water partition coefficient (Wildman–Crippen LogP) is 3.61. The Morgan fingerprint density at radius 1 is 1.22 bits per heavy atom. The minimum absolute atomic E-state index is 0.0881. The van der Waals surface area contributed by atoms with E-state index in [0.29, 0.717) is 17.1 Å². The maximum Gasteiger partial charge on any atom is 0.260 e. The Labute approximate surface area is 194 Å². The average molecular weight is 517 g/mol. The highest BCUT2D eigenvalue weighted by Crippen LogP contribution is 2.29. The Morgan fingerprint density at radius 3 is 2.62 bits per heavy atom. The van der Waals surface area contributed by atoms with Crippen molar-refractivity contribution < 1.29 is 17.9 Å². The van der Waals surface area contributed by atoms with Gasteiger partial charge in [0.1, 0.15) is 6.10 Å². The highest BCUT2D eigenvalue weighted by atomic mass is 79.9. The molecule has 1 saturated carbocycles. The lowest BCUT2D eigenvalue weighted by atomic mass is 10.1. The van der Waals surface area contributed by atoms with Crippen molar-refractivity contribution in [2.45, 2.75) is 30.5 Å². The van der Waals surface area contributed by atoms with Gasteiger partial charge in [-0.05, 0) is 64.7 Å². The van der Waals surface area contributed by atoms with Crippen LogP contribution in [-0.4, -0.2) is 36.7 Å². The number of carbonyl (C=O) groups is 1. The van der Waals surface area contributed by atoms with Gasteiger partial charge >= 0.3 is 0 Å². The maximum atomic E-state index is 13.5. The lowest BCUT2D eigenvalue weighted by Crippen LogP contribution is -2.32. The van der Waals surface area contributed by atoms with E-state index in [1.807, 2.05) is 6.07 Å². The molecule has 0 bridgehead atoms. The standard InChI is InChI=1S/C22H21BrN4O4S/c1-32(29,30)21-19(3-2-10-25-21)27(13-14-4-8-17(23)18(24)11-14)22(28)15-5-9-20(26-12-15)31-16-6-7-16/h2-5,8-12,16H,6-7,13,24H2,1H3. The van der Waals surface area contributed by atoms with Crippen molar-refractivity contribution in [2.75, 3.05) is 16.9 Å². The number of nitrogens with zero attached hydrogens (tertiary/aromatic N) is 3. The number of anilines is 2. The number of nitrogen functional groups attached to an aromatic ring is 1. The summed E-state index contributed by atoms with van der Waals surface area (Å²) in [5.41, 5.74) is 7.71. The summed E-state index contributed by atoms with van der Waals surface area (Å²) >= 11 is 3.36. The molecule has 1 aliphatic rings. The molecule has 2 aromatic heterocycles. The van der Waals surface area contributed by atoms with E-state index >= 15 is 0 Å². The molecule has 10 heteroatoms. The second-order valence-electron chi connectivity index (χ2n) is 7.55. The molecule has 1 amide bonds. The molecule has 0 atom stereocenters. The molecule has 1 aromatic carbocycles. The molecule has 2 heterocycles. The number of amides is 1. The number of pyridine rings is 2. The first-order chi connectivity index (χ1) is 15.2. The van der Waals surface area contributed by atoms with Crippen LogP contribution in [0.15, 0.2) is 64.4 Å². The highest BCUT2D eigenvalue weighted by molar-refractivity contribution is 9.10. The van der Waals surface area contributed by atoms with Gasteiger partial charge in [0, 0.05) is 34.9 Å². The third-order valence-electron chi connectivity index (χ3n) is 4.83. The van der Waals surface area contributed by atoms with Crippen LogP contribution in [0.2, 0.25) is 0 Å². The number of hydrogen-bond donors (Lipinski definition) is 1. The quantitative estimate of drug-likeness (QED) is 0.476. The largest absolute Gasteiger partial charge is 0.474 e. The van der Waals surface area contributed by atoms with E-state index in [4.69, 9.17) is 10.5 Å². The van der Waals surface area contributed by atoms with Crippen LogP contribution < -0.4 is 15.4 Å². The Balaban J connectivity index is 1.73. The van der Waals surface area contributed by atoms with Crippen molar-refractivity contribution in [3.8, 4) is 5.88 Å². The van der Waals surface area contributed by atoms with Crippen molar-refractivity contribution in [3.05, 3.63) is 70.5 Å². The lowest BCUT2D eigenvalue weighted by molar-refractivity contribution is 0.0984. The Hall–Kier alpha value is -2.98. The van der Waals surface area contributed by atoms with Crippen LogP contribution in [0.5, 0.6) is 5.88 Å². The minimum Gasteiger partial charge on any atom is -0.474 e. The van der Waals surface area contributed by atoms with Crippen LogP contribution in [0.25, 0.3) is 0 Å². The third-order valence-corrected chi connectivity index (χ3v) is 6.57. The highest BCUT2D eigenvalue weighted by Gasteiger charge is 2.27. The van der Waals surface area contributed by atoms with Gasteiger partial charge in [-0.1, -0.05) is 6.07 Å². The number of ether oxygens (including phenoxy) is 1. The zero-order valence-electron chi connectivity index (χ0n) is 17.2. The molecule has 8 nitrogen and oxygen atoms in total. The van der Waals surface area contributed by atoms with Crippen molar-refractivity contribution in [1.82, 2.24) is 9.97 Å². The molecule has 4 rings (SSSR count). The van der Waals surface area contributed by atoms with E-state index < -0.39 is 15.7 Å². The number of benzene rings is 1. The Morgan fingerprint density at radius 2 is 2.00 bits per heavy atom. The molecular weight excluding hydrogens is 496 g/mol. The normalized spacial score (nSPS) is 13.6. The van der Waals surface area contributed by atoms with Gasteiger partial charge in [-0.15, -0.1) is 0 Å². The van der Waals surface area contributed by atoms with E-state index in [1.54, 1.807) is 36.4 Å². The van der Waals surface area contributed by atoms with Crippen LogP contribution >= 0.6 is 15.9 Å². The summed E-state index contributed by atoms with van der Waals surface area (Å²) in [5, 5.41) is -0.180. The summed E-state index contributed by atoms with van der Waals surface area (Å²) in [6.45, 7) is 0.0881. The summed E-state index contributed by atoms with van der Waals surface area (Å²) in [4.78, 5) is 23.1. The molecule has 1 aliphatic carbocycles. The van der Waals surface area contributed by atoms with Crippen LogP contribution in [0, 0.1) is 0 Å². The first-order valence-electron chi connectivity index (χ1n) is 9.86. The molecular formula is C22H21BrN4O4S. The van der Waals surface area contributed by atoms with Crippen molar-refractivity contribution in [2.24, 2.45) is 0 Å². The molecule has 32 heavy (non-hydrogen) atoms. The van der Waals surface area contributed by atoms with Gasteiger partial charge in [0.2, 0.25) is 5.88 Å². The molecule has 0 aliphatic heterocycles. The molecule has 0 saturated heterocycles. The number of rotatable bonds is 7. The van der Waals surface area contributed by atoms with Gasteiger partial charge in [-0.25, -0.2) is 18.4 Å². The molecule has 0 unspecified atom stereocenters. The lowest BCUT2D eigenvalue weighted by Gasteiger charge is -2.24. The van der Waals surface area contributed by atoms with Crippen molar-refractivity contribution in [3.63, 3.8) is 0 Å². The predicted molar refractivity (Wildman–Crippen MR) is 124 cm³/mol. The third kappa shape index (κ3) is 5.08. The van der Waals surface area contributed by atoms with Gasteiger partial charge in [0.15, 0.2) is 14.9 Å². The smallest absolute Gasteiger partial charge is 0.260 e. The first-order valence-corrected chi connectivity index (χ1v) is 12.5. The SMILES string of the molecule is CS(=O)(=O)c1ncccc1N(Cc1ccc(Br)c(N)c1)C(=O)c1ccc(OC2CC2)nc1. The van der Waals surface area contributed by atoms with Gasteiger partial charge in [0.25, 0.3) is 5.91 Å². The first kappa shape index (κ1) is 22.2. The Bertz CT molecular complexity index is 1260. The second-order valence-corrected chi connectivity index (χ2v) is 10.3. The van der Waals surface area contributed by atoms with Gasteiger partial charge in [-0.2, -0.15) is 0 Å². The van der Waals surface area contributed by atoms with Gasteiger partial charge < -0.3 is 15.4 Å². The number of hydrogen-bond acceptors (Lipinski definition) is 7. The molecule has 0 radical (unpaired) electrons. The van der Waals surface area contributed by atoms with E-state index in [9.17, 15) is 13.2 Å². The molecule has 3 aromatic rings. The fourth-order valence-electron chi connectivity index (χ4n) is 3.10. The molecule has 0 spiro atoms. The zero-order chi connectivity index (χ0) is 22.9. The minimum atomic E-state index is -3.69. The summed E-state index contributed by atoms with van der Waals surface area (Å²) in [5.74, 6) is 0.0318. The average Bonchev–Trinajstić information content (AvgIpc) is 3.58. The summed E-state index contributed by atoms with van der Waals surface area (Å²) in [6.07, 6.45) is 6.07. The van der Waals surface area contributed by atoms with Crippen molar-refractivity contribution in [1.29, 1.82) is 0 Å². The van der Waals surface area contributed by atoms with E-state index in [-0.39, 0.29) is 23.4 Å². The molecule has 2 N–H and O–H groups in total. The molecule has 1 fully saturated rings. The number of halogens is 1. The molecule has 166 valence electrons. The van der Waals surface area contributed by atoms with E-state index in [1.165, 1.54) is 17.3 Å². The van der Waals surface area contributed by atoms with E-state index in [2.05, 4.69) is 25.9 Å². The topological polar surface area (TPSA) is 115 Å². The number of carbonyl (C=O) groups excluding carboxylic acids is 1. The Kier molecular flexibility index (Phi) is 6.16. The fraction of sp³-hybridized carbons (Fsp3) is 0.227. The van der Waals surface area contributed by atoms with Gasteiger partial charge in [-0.3, -0.25) is 4.79 Å². The summed E-state index contributed by atoms with van der Waals surface area (Å²) in [7, 11) is -3.69. The van der Waals surface area contributed by atoms with Crippen LogP contribution in [0.1, 0.15) is 28.8 Å². The summed E-state index contributed by atoms with van der Waals surface area (Å²) < 4.78 is 31.1. The maximum absolute atomic E-state index is 13.5. The fourth-order valence-corrected chi connectivity index (χ4v) is 4.16. The number of sulfone groups is 1.